The molecule has 0 saturated carbocycles. The van der Waals surface area contributed by atoms with Gasteiger partial charge in [0, 0.05) is 27.6 Å². The summed E-state index contributed by atoms with van der Waals surface area (Å²) in [5.41, 5.74) is 5.19. The van der Waals surface area contributed by atoms with Crippen LogP contribution in [0.15, 0.2) is 109 Å². The molecular weight excluding hydrogens is 454 g/mol. The zero-order chi connectivity index (χ0) is 23.6. The SMILES string of the molecule is Clc1nc(-c2cccc(-c3nc(-c4ccccc4)nc(-c4ccccc4)n3)c2)c2ccccc2n1. The summed E-state index contributed by atoms with van der Waals surface area (Å²) in [6.45, 7) is 0. The van der Waals surface area contributed by atoms with Gasteiger partial charge in [-0.05, 0) is 23.7 Å². The summed E-state index contributed by atoms with van der Waals surface area (Å²) in [7, 11) is 0. The van der Waals surface area contributed by atoms with Crippen molar-refractivity contribution in [2.75, 3.05) is 0 Å². The Morgan fingerprint density at radius 3 is 1.60 bits per heavy atom. The number of rotatable bonds is 4. The molecule has 5 nitrogen and oxygen atoms in total. The van der Waals surface area contributed by atoms with E-state index in [1.807, 2.05) is 109 Å². The second-order valence-corrected chi connectivity index (χ2v) is 8.32. The quantitative estimate of drug-likeness (QED) is 0.256. The predicted octanol–water partition coefficient (Wildman–Crippen LogP) is 7.14. The highest BCUT2D eigenvalue weighted by Crippen LogP contribution is 2.31. The number of hydrogen-bond donors (Lipinski definition) is 0. The van der Waals surface area contributed by atoms with Gasteiger partial charge in [-0.1, -0.05) is 97.1 Å². The van der Waals surface area contributed by atoms with Gasteiger partial charge in [-0.15, -0.1) is 0 Å². The number of aromatic nitrogens is 5. The Balaban J connectivity index is 1.53. The Bertz CT molecular complexity index is 1600. The minimum absolute atomic E-state index is 0.210. The third kappa shape index (κ3) is 4.25. The molecule has 0 radical (unpaired) electrons. The molecule has 0 saturated heterocycles. The Morgan fingerprint density at radius 1 is 0.429 bits per heavy atom. The van der Waals surface area contributed by atoms with Gasteiger partial charge in [-0.25, -0.2) is 24.9 Å². The van der Waals surface area contributed by atoms with Gasteiger partial charge < -0.3 is 0 Å². The maximum Gasteiger partial charge on any atom is 0.223 e. The van der Waals surface area contributed by atoms with Crippen molar-refractivity contribution in [2.24, 2.45) is 0 Å². The Morgan fingerprint density at radius 2 is 0.943 bits per heavy atom. The van der Waals surface area contributed by atoms with Crippen LogP contribution in [0.5, 0.6) is 0 Å². The summed E-state index contributed by atoms with van der Waals surface area (Å²) >= 11 is 6.25. The van der Waals surface area contributed by atoms with E-state index in [0.717, 1.165) is 38.9 Å². The molecule has 0 aliphatic heterocycles. The van der Waals surface area contributed by atoms with E-state index in [1.54, 1.807) is 0 Å². The first-order chi connectivity index (χ1) is 17.2. The van der Waals surface area contributed by atoms with E-state index >= 15 is 0 Å². The van der Waals surface area contributed by atoms with Gasteiger partial charge >= 0.3 is 0 Å². The Kier molecular flexibility index (Phi) is 5.45. The standard InChI is InChI=1S/C29H18ClN5/c30-29-31-24-17-8-7-16-23(24)25(32-29)21-14-9-15-22(18-21)28-34-26(19-10-3-1-4-11-19)33-27(35-28)20-12-5-2-6-13-20/h1-18H. The molecule has 0 spiro atoms. The first-order valence-corrected chi connectivity index (χ1v) is 11.5. The zero-order valence-electron chi connectivity index (χ0n) is 18.5. The van der Waals surface area contributed by atoms with E-state index in [-0.39, 0.29) is 5.28 Å². The van der Waals surface area contributed by atoms with E-state index in [2.05, 4.69) is 9.97 Å². The summed E-state index contributed by atoms with van der Waals surface area (Å²) < 4.78 is 0. The van der Waals surface area contributed by atoms with Crippen LogP contribution in [0.1, 0.15) is 0 Å². The van der Waals surface area contributed by atoms with Crippen molar-refractivity contribution in [2.45, 2.75) is 0 Å². The normalized spacial score (nSPS) is 11.0. The molecule has 0 aliphatic rings. The van der Waals surface area contributed by atoms with Crippen LogP contribution in [0.4, 0.5) is 0 Å². The lowest BCUT2D eigenvalue weighted by molar-refractivity contribution is 1.07. The molecular formula is C29H18ClN5. The average Bonchev–Trinajstić information content (AvgIpc) is 2.93. The minimum atomic E-state index is 0.210. The molecule has 0 aliphatic carbocycles. The van der Waals surface area contributed by atoms with E-state index in [0.29, 0.717) is 17.5 Å². The molecule has 2 heterocycles. The van der Waals surface area contributed by atoms with Crippen LogP contribution in [0.3, 0.4) is 0 Å². The lowest BCUT2D eigenvalue weighted by Gasteiger charge is -2.10. The minimum Gasteiger partial charge on any atom is -0.218 e. The maximum absolute atomic E-state index is 6.25. The summed E-state index contributed by atoms with van der Waals surface area (Å²) in [6.07, 6.45) is 0. The summed E-state index contributed by atoms with van der Waals surface area (Å²) in [6, 6.07) is 35.7. The molecule has 0 atom stereocenters. The zero-order valence-corrected chi connectivity index (χ0v) is 19.3. The predicted molar refractivity (Wildman–Crippen MR) is 140 cm³/mol. The number of benzene rings is 4. The number of para-hydroxylation sites is 1. The highest BCUT2D eigenvalue weighted by molar-refractivity contribution is 6.28. The molecule has 0 unspecified atom stereocenters. The van der Waals surface area contributed by atoms with E-state index < -0.39 is 0 Å². The molecule has 6 heteroatoms. The lowest BCUT2D eigenvalue weighted by Crippen LogP contribution is -2.00. The fourth-order valence-electron chi connectivity index (χ4n) is 4.01. The monoisotopic (exact) mass is 471 g/mol. The van der Waals surface area contributed by atoms with Crippen molar-refractivity contribution in [3.8, 4) is 45.4 Å². The van der Waals surface area contributed by atoms with Crippen LogP contribution in [0.25, 0.3) is 56.3 Å². The van der Waals surface area contributed by atoms with Gasteiger partial charge in [0.05, 0.1) is 11.2 Å². The van der Waals surface area contributed by atoms with Crippen LogP contribution in [0, 0.1) is 0 Å². The molecule has 35 heavy (non-hydrogen) atoms. The second kappa shape index (κ2) is 9.05. The van der Waals surface area contributed by atoms with Crippen molar-refractivity contribution in [3.63, 3.8) is 0 Å². The fourth-order valence-corrected chi connectivity index (χ4v) is 4.19. The van der Waals surface area contributed by atoms with Crippen molar-refractivity contribution in [1.29, 1.82) is 0 Å². The summed E-state index contributed by atoms with van der Waals surface area (Å²) in [5, 5.41) is 1.14. The third-order valence-electron chi connectivity index (χ3n) is 5.67. The molecule has 2 aromatic heterocycles. The van der Waals surface area contributed by atoms with Crippen LogP contribution in [-0.2, 0) is 0 Å². The van der Waals surface area contributed by atoms with Gasteiger partial charge in [0.25, 0.3) is 0 Å². The fraction of sp³-hybridized carbons (Fsp3) is 0. The molecule has 0 fully saturated rings. The maximum atomic E-state index is 6.25. The van der Waals surface area contributed by atoms with Crippen LogP contribution in [0.2, 0.25) is 5.28 Å². The van der Waals surface area contributed by atoms with Crippen molar-refractivity contribution in [3.05, 3.63) is 114 Å². The number of halogens is 1. The Hall–Kier alpha value is -4.48. The highest BCUT2D eigenvalue weighted by Gasteiger charge is 2.14. The summed E-state index contributed by atoms with van der Waals surface area (Å²) in [4.78, 5) is 23.3. The van der Waals surface area contributed by atoms with Gasteiger partial charge in [0.2, 0.25) is 5.28 Å². The van der Waals surface area contributed by atoms with Crippen LogP contribution < -0.4 is 0 Å². The van der Waals surface area contributed by atoms with E-state index in [9.17, 15) is 0 Å². The third-order valence-corrected chi connectivity index (χ3v) is 5.84. The first kappa shape index (κ1) is 21.1. The molecule has 0 amide bonds. The van der Waals surface area contributed by atoms with Crippen LogP contribution in [-0.4, -0.2) is 24.9 Å². The van der Waals surface area contributed by atoms with Crippen molar-refractivity contribution >= 4 is 22.5 Å². The molecule has 6 rings (SSSR count). The van der Waals surface area contributed by atoms with Gasteiger partial charge in [0.15, 0.2) is 17.5 Å². The molecule has 4 aromatic carbocycles. The highest BCUT2D eigenvalue weighted by atomic mass is 35.5. The smallest absolute Gasteiger partial charge is 0.218 e. The average molecular weight is 472 g/mol. The van der Waals surface area contributed by atoms with E-state index in [1.165, 1.54) is 0 Å². The second-order valence-electron chi connectivity index (χ2n) is 7.98. The number of nitrogens with zero attached hydrogens (tertiary/aromatic N) is 5. The van der Waals surface area contributed by atoms with Crippen molar-refractivity contribution < 1.29 is 0 Å². The summed E-state index contributed by atoms with van der Waals surface area (Å²) in [5.74, 6) is 1.83. The molecule has 166 valence electrons. The topological polar surface area (TPSA) is 64.5 Å². The molecule has 0 bridgehead atoms. The largest absolute Gasteiger partial charge is 0.223 e. The first-order valence-electron chi connectivity index (χ1n) is 11.1. The molecule has 6 aromatic rings. The van der Waals surface area contributed by atoms with Crippen LogP contribution >= 0.6 is 11.6 Å². The van der Waals surface area contributed by atoms with E-state index in [4.69, 9.17) is 26.6 Å². The van der Waals surface area contributed by atoms with Gasteiger partial charge in [-0.2, -0.15) is 0 Å². The lowest BCUT2D eigenvalue weighted by atomic mass is 10.0. The number of hydrogen-bond acceptors (Lipinski definition) is 5. The van der Waals surface area contributed by atoms with Crippen molar-refractivity contribution in [1.82, 2.24) is 24.9 Å². The van der Waals surface area contributed by atoms with Gasteiger partial charge in [0.1, 0.15) is 0 Å². The Labute approximate surface area is 207 Å². The molecule has 0 N–H and O–H groups in total. The number of fused-ring (bicyclic) bond motifs is 1. The van der Waals surface area contributed by atoms with Gasteiger partial charge in [-0.3, -0.25) is 0 Å².